The Bertz CT molecular complexity index is 1300. The van der Waals surface area contributed by atoms with Crippen molar-refractivity contribution in [3.8, 4) is 11.3 Å². The molecule has 4 rings (SSSR count). The summed E-state index contributed by atoms with van der Waals surface area (Å²) in [5.41, 5.74) is 0.0447. The molecule has 0 amide bonds. The standard InChI is InChI=1S/C22H16F4N2/c1-22(2,3)14-9-12(8-11-6-4-5-7-13(11)14)20-15-16(23)17(24)18(25)19(26)21(15)28-10-27-20/h4-10H,1-3H3/i10D. The number of nitrogens with zero attached hydrogens (tertiary/aromatic N) is 2. The van der Waals surface area contributed by atoms with Crippen molar-refractivity contribution < 1.29 is 18.9 Å². The van der Waals surface area contributed by atoms with Gasteiger partial charge in [-0.15, -0.1) is 0 Å². The summed E-state index contributed by atoms with van der Waals surface area (Å²) in [6.45, 7) is 6.01. The molecule has 1 heterocycles. The van der Waals surface area contributed by atoms with Crippen molar-refractivity contribution >= 4 is 21.7 Å². The molecule has 1 aromatic heterocycles. The highest BCUT2D eigenvalue weighted by molar-refractivity contribution is 5.97. The van der Waals surface area contributed by atoms with E-state index in [2.05, 4.69) is 9.97 Å². The van der Waals surface area contributed by atoms with Crippen molar-refractivity contribution in [3.63, 3.8) is 0 Å². The van der Waals surface area contributed by atoms with E-state index >= 15 is 0 Å². The van der Waals surface area contributed by atoms with Crippen LogP contribution < -0.4 is 0 Å². The molecule has 0 spiro atoms. The normalized spacial score (nSPS) is 12.6. The summed E-state index contributed by atoms with van der Waals surface area (Å²) in [6, 6.07) is 11.0. The number of aromatic nitrogens is 2. The third kappa shape index (κ3) is 2.71. The van der Waals surface area contributed by atoms with E-state index in [-0.39, 0.29) is 11.1 Å². The second kappa shape index (κ2) is 6.26. The average Bonchev–Trinajstić information content (AvgIpc) is 2.68. The number of hydrogen-bond donors (Lipinski definition) is 0. The zero-order valence-corrected chi connectivity index (χ0v) is 15.4. The zero-order chi connectivity index (χ0) is 21.1. The number of halogens is 4. The van der Waals surface area contributed by atoms with Gasteiger partial charge in [0.15, 0.2) is 23.3 Å². The van der Waals surface area contributed by atoms with Crippen molar-refractivity contribution in [2.75, 3.05) is 0 Å². The van der Waals surface area contributed by atoms with Crippen LogP contribution in [0.15, 0.2) is 42.7 Å². The van der Waals surface area contributed by atoms with E-state index in [0.717, 1.165) is 16.3 Å². The minimum atomic E-state index is -1.96. The van der Waals surface area contributed by atoms with Gasteiger partial charge in [-0.1, -0.05) is 45.0 Å². The van der Waals surface area contributed by atoms with Gasteiger partial charge >= 0.3 is 0 Å². The fourth-order valence-corrected chi connectivity index (χ4v) is 3.40. The van der Waals surface area contributed by atoms with E-state index in [0.29, 0.717) is 5.56 Å². The Kier molecular flexibility index (Phi) is 3.82. The summed E-state index contributed by atoms with van der Waals surface area (Å²) in [6.07, 6.45) is -0.623. The largest absolute Gasteiger partial charge is 0.236 e. The van der Waals surface area contributed by atoms with Crippen LogP contribution in [0.5, 0.6) is 0 Å². The Hall–Kier alpha value is -3.02. The SMILES string of the molecule is [2H]c1nc(-c2cc(C(C)(C)C)c3ccccc3c2)c2c(F)c(F)c(F)c(F)c2n1. The summed E-state index contributed by atoms with van der Waals surface area (Å²) in [5.74, 6) is -7.13. The molecular formula is C22H16F4N2. The van der Waals surface area contributed by atoms with Crippen LogP contribution in [0.2, 0.25) is 0 Å². The van der Waals surface area contributed by atoms with Crippen molar-refractivity contribution in [2.45, 2.75) is 26.2 Å². The van der Waals surface area contributed by atoms with E-state index in [4.69, 9.17) is 1.37 Å². The molecule has 3 aromatic carbocycles. The number of hydrogen-bond acceptors (Lipinski definition) is 2. The second-order valence-electron chi connectivity index (χ2n) is 7.65. The van der Waals surface area contributed by atoms with Crippen molar-refractivity contribution in [2.24, 2.45) is 0 Å². The molecule has 0 N–H and O–H groups in total. The molecule has 2 nitrogen and oxygen atoms in total. The first-order chi connectivity index (χ1) is 13.6. The first-order valence-electron chi connectivity index (χ1n) is 9.13. The van der Waals surface area contributed by atoms with Crippen LogP contribution in [0.25, 0.3) is 32.9 Å². The Morgan fingerprint density at radius 2 is 1.54 bits per heavy atom. The topological polar surface area (TPSA) is 25.8 Å². The van der Waals surface area contributed by atoms with E-state index in [1.165, 1.54) is 0 Å². The van der Waals surface area contributed by atoms with Gasteiger partial charge in [0, 0.05) is 5.56 Å². The van der Waals surface area contributed by atoms with Crippen LogP contribution in [-0.4, -0.2) is 9.97 Å². The summed E-state index contributed by atoms with van der Waals surface area (Å²) in [4.78, 5) is 7.43. The minimum absolute atomic E-state index is 0.161. The van der Waals surface area contributed by atoms with Gasteiger partial charge in [-0.05, 0) is 33.9 Å². The molecule has 6 heteroatoms. The molecule has 28 heavy (non-hydrogen) atoms. The van der Waals surface area contributed by atoms with Crippen LogP contribution in [-0.2, 0) is 5.41 Å². The maximum absolute atomic E-state index is 14.6. The number of benzene rings is 3. The van der Waals surface area contributed by atoms with Crippen LogP contribution in [0, 0.1) is 23.3 Å². The smallest absolute Gasteiger partial charge is 0.199 e. The summed E-state index contributed by atoms with van der Waals surface area (Å²) >= 11 is 0. The lowest BCUT2D eigenvalue weighted by molar-refractivity contribution is 0.417. The van der Waals surface area contributed by atoms with Crippen LogP contribution in [0.1, 0.15) is 27.7 Å². The fraction of sp³-hybridized carbons (Fsp3) is 0.182. The van der Waals surface area contributed by atoms with Gasteiger partial charge < -0.3 is 0 Å². The summed E-state index contributed by atoms with van der Waals surface area (Å²) in [7, 11) is 0. The molecule has 0 saturated carbocycles. The van der Waals surface area contributed by atoms with E-state index in [1.807, 2.05) is 45.0 Å². The molecule has 142 valence electrons. The third-order valence-corrected chi connectivity index (χ3v) is 4.75. The van der Waals surface area contributed by atoms with E-state index < -0.39 is 40.5 Å². The Labute approximate surface area is 160 Å². The maximum atomic E-state index is 14.6. The van der Waals surface area contributed by atoms with Gasteiger partial charge in [0.1, 0.15) is 13.2 Å². The van der Waals surface area contributed by atoms with Crippen molar-refractivity contribution in [1.82, 2.24) is 9.97 Å². The first-order valence-corrected chi connectivity index (χ1v) is 8.63. The fourth-order valence-electron chi connectivity index (χ4n) is 3.40. The van der Waals surface area contributed by atoms with Gasteiger partial charge in [0.2, 0.25) is 0 Å². The quantitative estimate of drug-likeness (QED) is 0.218. The van der Waals surface area contributed by atoms with E-state index in [1.54, 1.807) is 12.1 Å². The maximum Gasteiger partial charge on any atom is 0.199 e. The van der Waals surface area contributed by atoms with Gasteiger partial charge in [-0.25, -0.2) is 27.5 Å². The average molecular weight is 385 g/mol. The Morgan fingerprint density at radius 3 is 2.25 bits per heavy atom. The summed E-state index contributed by atoms with van der Waals surface area (Å²) in [5, 5.41) is 1.20. The van der Waals surface area contributed by atoms with Crippen LogP contribution in [0.3, 0.4) is 0 Å². The lowest BCUT2D eigenvalue weighted by atomic mass is 9.82. The zero-order valence-electron chi connectivity index (χ0n) is 16.4. The molecule has 0 saturated heterocycles. The second-order valence-corrected chi connectivity index (χ2v) is 7.65. The monoisotopic (exact) mass is 385 g/mol. The van der Waals surface area contributed by atoms with Gasteiger partial charge in [0.05, 0.1) is 11.1 Å². The van der Waals surface area contributed by atoms with Gasteiger partial charge in [-0.2, -0.15) is 0 Å². The Morgan fingerprint density at radius 1 is 0.857 bits per heavy atom. The number of rotatable bonds is 1. The minimum Gasteiger partial charge on any atom is -0.236 e. The van der Waals surface area contributed by atoms with Crippen molar-refractivity contribution in [1.29, 1.82) is 0 Å². The molecular weight excluding hydrogens is 368 g/mol. The molecule has 0 unspecified atom stereocenters. The molecule has 0 fully saturated rings. The molecule has 0 aliphatic carbocycles. The highest BCUT2D eigenvalue weighted by Gasteiger charge is 2.25. The molecule has 0 aliphatic heterocycles. The van der Waals surface area contributed by atoms with Gasteiger partial charge in [0.25, 0.3) is 0 Å². The molecule has 0 radical (unpaired) electrons. The van der Waals surface area contributed by atoms with E-state index in [9.17, 15) is 17.6 Å². The third-order valence-electron chi connectivity index (χ3n) is 4.75. The highest BCUT2D eigenvalue weighted by Crippen LogP contribution is 2.37. The Balaban J connectivity index is 2.17. The lowest BCUT2D eigenvalue weighted by Crippen LogP contribution is -2.12. The van der Waals surface area contributed by atoms with Crippen LogP contribution in [0.4, 0.5) is 17.6 Å². The number of fused-ring (bicyclic) bond motifs is 2. The van der Waals surface area contributed by atoms with Crippen molar-refractivity contribution in [3.05, 3.63) is 71.5 Å². The predicted octanol–water partition coefficient (Wildman–Crippen LogP) is 6.30. The first kappa shape index (κ1) is 17.1. The van der Waals surface area contributed by atoms with Crippen LogP contribution >= 0.6 is 0 Å². The van der Waals surface area contributed by atoms with Gasteiger partial charge in [-0.3, -0.25) is 0 Å². The molecule has 4 aromatic rings. The predicted molar refractivity (Wildman–Crippen MR) is 101 cm³/mol. The lowest BCUT2D eigenvalue weighted by Gasteiger charge is -2.23. The molecule has 0 bridgehead atoms. The molecule has 0 atom stereocenters. The molecule has 0 aliphatic rings. The highest BCUT2D eigenvalue weighted by atomic mass is 19.2. The summed E-state index contributed by atoms with van der Waals surface area (Å²) < 4.78 is 64.3.